The first-order valence-electron chi connectivity index (χ1n) is 7.93. The molecule has 2 aliphatic rings. The summed E-state index contributed by atoms with van der Waals surface area (Å²) in [5.74, 6) is 2.02. The predicted octanol–water partition coefficient (Wildman–Crippen LogP) is 2.01. The number of non-ortho nitro benzene ring substituents is 1. The fraction of sp³-hybridized carbons (Fsp3) is 0.500. The molecule has 8 heteroatoms. The van der Waals surface area contributed by atoms with Gasteiger partial charge in [0.2, 0.25) is 5.91 Å². The Morgan fingerprint density at radius 3 is 2.75 bits per heavy atom. The summed E-state index contributed by atoms with van der Waals surface area (Å²) in [7, 11) is 0. The molecule has 1 amide bonds. The molecule has 1 atom stereocenters. The molecule has 24 heavy (non-hydrogen) atoms. The number of rotatable bonds is 3. The molecule has 7 nitrogen and oxygen atoms in total. The molecule has 0 bridgehead atoms. The van der Waals surface area contributed by atoms with Crippen LogP contribution in [0, 0.1) is 21.4 Å². The third kappa shape index (κ3) is 3.17. The van der Waals surface area contributed by atoms with Crippen LogP contribution in [0.3, 0.4) is 0 Å². The monoisotopic (exact) mass is 346 g/mol. The van der Waals surface area contributed by atoms with E-state index >= 15 is 0 Å². The van der Waals surface area contributed by atoms with Crippen molar-refractivity contribution in [3.05, 3.63) is 33.9 Å². The number of thioether (sulfide) groups is 1. The molecule has 0 aliphatic carbocycles. The number of anilines is 1. The molecule has 126 valence electrons. The molecule has 0 spiro atoms. The van der Waals surface area contributed by atoms with Crippen molar-refractivity contribution in [2.75, 3.05) is 36.0 Å². The Labute approximate surface area is 144 Å². The number of amides is 1. The molecule has 1 unspecified atom stereocenters. The summed E-state index contributed by atoms with van der Waals surface area (Å²) in [6, 6.07) is 6.03. The minimum absolute atomic E-state index is 0.106. The van der Waals surface area contributed by atoms with Gasteiger partial charge in [-0.25, -0.2) is 0 Å². The Balaban J connectivity index is 1.86. The zero-order chi connectivity index (χ0) is 17.1. The van der Waals surface area contributed by atoms with Gasteiger partial charge >= 0.3 is 0 Å². The second-order valence-corrected chi connectivity index (χ2v) is 7.08. The number of hydrogen-bond donors (Lipinski definition) is 0. The van der Waals surface area contributed by atoms with Crippen LogP contribution >= 0.6 is 11.8 Å². The van der Waals surface area contributed by atoms with Crippen LogP contribution in [0.5, 0.6) is 0 Å². The van der Waals surface area contributed by atoms with Crippen molar-refractivity contribution in [2.24, 2.45) is 0 Å². The van der Waals surface area contributed by atoms with E-state index in [0.29, 0.717) is 12.2 Å². The number of hydrogen-bond acceptors (Lipinski definition) is 6. The van der Waals surface area contributed by atoms with Gasteiger partial charge in [-0.3, -0.25) is 14.9 Å². The van der Waals surface area contributed by atoms with Crippen molar-refractivity contribution in [3.63, 3.8) is 0 Å². The van der Waals surface area contributed by atoms with Crippen molar-refractivity contribution in [3.8, 4) is 6.07 Å². The van der Waals surface area contributed by atoms with Gasteiger partial charge in [0.05, 0.1) is 16.2 Å². The van der Waals surface area contributed by atoms with Gasteiger partial charge in [0.15, 0.2) is 0 Å². The van der Waals surface area contributed by atoms with Crippen LogP contribution in [0.2, 0.25) is 0 Å². The lowest BCUT2D eigenvalue weighted by Crippen LogP contribution is -2.48. The lowest BCUT2D eigenvalue weighted by molar-refractivity contribution is -0.384. The standard InChI is InChI=1S/C16H18N4O3S/c17-11-12-10-13(20(22)23)3-4-14(12)19-5-1-2-15(19)16(21)18-6-8-24-9-7-18/h3-4,10,15H,1-2,5-9H2. The van der Waals surface area contributed by atoms with E-state index in [1.54, 1.807) is 6.07 Å². The Morgan fingerprint density at radius 2 is 2.08 bits per heavy atom. The lowest BCUT2D eigenvalue weighted by atomic mass is 10.1. The predicted molar refractivity (Wildman–Crippen MR) is 92.1 cm³/mol. The van der Waals surface area contributed by atoms with Crippen molar-refractivity contribution in [2.45, 2.75) is 18.9 Å². The average molecular weight is 346 g/mol. The first kappa shape index (κ1) is 16.6. The van der Waals surface area contributed by atoms with Crippen LogP contribution in [-0.4, -0.2) is 52.9 Å². The quantitative estimate of drug-likeness (QED) is 0.614. The summed E-state index contributed by atoms with van der Waals surface area (Å²) in [5.41, 5.74) is 0.758. The van der Waals surface area contributed by atoms with E-state index in [1.165, 1.54) is 12.1 Å². The smallest absolute Gasteiger partial charge is 0.270 e. The van der Waals surface area contributed by atoms with E-state index in [2.05, 4.69) is 0 Å². The Kier molecular flexibility index (Phi) is 4.90. The maximum Gasteiger partial charge on any atom is 0.270 e. The number of carbonyl (C=O) groups is 1. The van der Waals surface area contributed by atoms with Crippen molar-refractivity contribution in [1.29, 1.82) is 5.26 Å². The Bertz CT molecular complexity index is 697. The van der Waals surface area contributed by atoms with E-state index in [9.17, 15) is 20.2 Å². The maximum absolute atomic E-state index is 12.8. The fourth-order valence-electron chi connectivity index (χ4n) is 3.28. The number of nitro benzene ring substituents is 1. The summed E-state index contributed by atoms with van der Waals surface area (Å²) >= 11 is 1.85. The van der Waals surface area contributed by atoms with Crippen molar-refractivity contribution >= 4 is 29.0 Å². The van der Waals surface area contributed by atoms with Gasteiger partial charge in [-0.15, -0.1) is 0 Å². The molecule has 0 N–H and O–H groups in total. The number of carbonyl (C=O) groups excluding carboxylic acids is 1. The minimum atomic E-state index is -0.511. The molecular formula is C16H18N4O3S. The van der Waals surface area contributed by atoms with Gasteiger partial charge in [0.25, 0.3) is 5.69 Å². The van der Waals surface area contributed by atoms with Gasteiger partial charge in [-0.2, -0.15) is 17.0 Å². The second-order valence-electron chi connectivity index (χ2n) is 5.86. The third-order valence-corrected chi connectivity index (χ3v) is 5.42. The highest BCUT2D eigenvalue weighted by Crippen LogP contribution is 2.32. The van der Waals surface area contributed by atoms with Gasteiger partial charge < -0.3 is 9.80 Å². The van der Waals surface area contributed by atoms with Crippen LogP contribution in [0.4, 0.5) is 11.4 Å². The number of nitriles is 1. The Hall–Kier alpha value is -2.27. The molecule has 0 saturated carbocycles. The maximum atomic E-state index is 12.8. The zero-order valence-corrected chi connectivity index (χ0v) is 14.0. The molecule has 1 aromatic rings. The summed E-state index contributed by atoms with van der Waals surface area (Å²) in [6.07, 6.45) is 1.63. The van der Waals surface area contributed by atoms with Crippen molar-refractivity contribution in [1.82, 2.24) is 4.90 Å². The van der Waals surface area contributed by atoms with Crippen molar-refractivity contribution < 1.29 is 9.72 Å². The van der Waals surface area contributed by atoms with E-state index < -0.39 is 4.92 Å². The molecule has 2 aliphatic heterocycles. The Morgan fingerprint density at radius 1 is 1.33 bits per heavy atom. The first-order chi connectivity index (χ1) is 11.6. The first-order valence-corrected chi connectivity index (χ1v) is 9.09. The normalized spacial score (nSPS) is 20.7. The highest BCUT2D eigenvalue weighted by molar-refractivity contribution is 7.99. The lowest BCUT2D eigenvalue weighted by Gasteiger charge is -2.33. The third-order valence-electron chi connectivity index (χ3n) is 4.48. The topological polar surface area (TPSA) is 90.5 Å². The number of benzene rings is 1. The highest BCUT2D eigenvalue weighted by Gasteiger charge is 2.35. The van der Waals surface area contributed by atoms with E-state index in [0.717, 1.165) is 37.4 Å². The summed E-state index contributed by atoms with van der Waals surface area (Å²) < 4.78 is 0. The van der Waals surface area contributed by atoms with E-state index in [-0.39, 0.29) is 23.2 Å². The summed E-state index contributed by atoms with van der Waals surface area (Å²) in [6.45, 7) is 2.21. The zero-order valence-electron chi connectivity index (χ0n) is 13.2. The van der Waals surface area contributed by atoms with Crippen LogP contribution < -0.4 is 4.90 Å². The highest BCUT2D eigenvalue weighted by atomic mass is 32.2. The SMILES string of the molecule is N#Cc1cc([N+](=O)[O-])ccc1N1CCCC1C(=O)N1CCSCC1. The number of nitrogens with zero attached hydrogens (tertiary/aromatic N) is 4. The van der Waals surface area contributed by atoms with Crippen LogP contribution in [0.25, 0.3) is 0 Å². The molecule has 2 heterocycles. The largest absolute Gasteiger partial charge is 0.358 e. The molecule has 0 aromatic heterocycles. The van der Waals surface area contributed by atoms with Gasteiger partial charge in [-0.1, -0.05) is 0 Å². The van der Waals surface area contributed by atoms with Crippen LogP contribution in [0.1, 0.15) is 18.4 Å². The summed E-state index contributed by atoms with van der Waals surface area (Å²) in [4.78, 5) is 27.1. The molecular weight excluding hydrogens is 328 g/mol. The van der Waals surface area contributed by atoms with E-state index in [1.807, 2.05) is 27.6 Å². The summed E-state index contributed by atoms with van der Waals surface area (Å²) in [5, 5.41) is 20.3. The fourth-order valence-corrected chi connectivity index (χ4v) is 4.19. The molecule has 2 fully saturated rings. The average Bonchev–Trinajstić information content (AvgIpc) is 3.10. The van der Waals surface area contributed by atoms with Crippen LogP contribution in [-0.2, 0) is 4.79 Å². The minimum Gasteiger partial charge on any atom is -0.358 e. The van der Waals surface area contributed by atoms with E-state index in [4.69, 9.17) is 0 Å². The molecule has 0 radical (unpaired) electrons. The van der Waals surface area contributed by atoms with Gasteiger partial charge in [0, 0.05) is 43.3 Å². The molecule has 1 aromatic carbocycles. The second kappa shape index (κ2) is 7.09. The number of nitro groups is 1. The molecule has 2 saturated heterocycles. The van der Waals surface area contributed by atoms with Crippen LogP contribution in [0.15, 0.2) is 18.2 Å². The van der Waals surface area contributed by atoms with Gasteiger partial charge in [0.1, 0.15) is 12.1 Å². The van der Waals surface area contributed by atoms with Gasteiger partial charge in [-0.05, 0) is 18.9 Å². The molecule has 3 rings (SSSR count).